The predicted molar refractivity (Wildman–Crippen MR) is 44.2 cm³/mol. The van der Waals surface area contributed by atoms with Gasteiger partial charge in [-0.3, -0.25) is 5.10 Å². The summed E-state index contributed by atoms with van der Waals surface area (Å²) >= 11 is 0. The maximum atomic E-state index is 5.26. The van der Waals surface area contributed by atoms with Crippen molar-refractivity contribution in [3.8, 4) is 0 Å². The van der Waals surface area contributed by atoms with Crippen molar-refractivity contribution in [3.63, 3.8) is 0 Å². The molecule has 0 aliphatic heterocycles. The first kappa shape index (κ1) is 6.99. The first-order valence-electron chi connectivity index (χ1n) is 3.45. The van der Waals surface area contributed by atoms with Gasteiger partial charge in [0.05, 0.1) is 11.6 Å². The SMILES string of the molecule is Cc1nc(NN)c2cn[nH]c2n1. The molecule has 0 spiro atoms. The summed E-state index contributed by atoms with van der Waals surface area (Å²) in [4.78, 5) is 8.20. The number of hydrazine groups is 1. The molecule has 2 heterocycles. The Morgan fingerprint density at radius 1 is 1.50 bits per heavy atom. The lowest BCUT2D eigenvalue weighted by Crippen LogP contribution is -2.09. The summed E-state index contributed by atoms with van der Waals surface area (Å²) in [5, 5.41) is 7.36. The van der Waals surface area contributed by atoms with E-state index in [0.717, 1.165) is 5.39 Å². The first-order valence-corrected chi connectivity index (χ1v) is 3.45. The summed E-state index contributed by atoms with van der Waals surface area (Å²) in [5.41, 5.74) is 3.18. The summed E-state index contributed by atoms with van der Waals surface area (Å²) in [6.45, 7) is 1.79. The molecule has 0 aliphatic carbocycles. The van der Waals surface area contributed by atoms with Crippen molar-refractivity contribution < 1.29 is 0 Å². The number of nitrogens with two attached hydrogens (primary N) is 1. The second-order valence-electron chi connectivity index (χ2n) is 2.40. The van der Waals surface area contributed by atoms with Gasteiger partial charge < -0.3 is 5.43 Å². The molecule has 62 valence electrons. The quantitative estimate of drug-likeness (QED) is 0.406. The van der Waals surface area contributed by atoms with Gasteiger partial charge in [-0.2, -0.15) is 5.10 Å². The molecule has 0 bridgehead atoms. The summed E-state index contributed by atoms with van der Waals surface area (Å²) in [6.07, 6.45) is 1.63. The largest absolute Gasteiger partial charge is 0.308 e. The van der Waals surface area contributed by atoms with Crippen molar-refractivity contribution >= 4 is 16.9 Å². The van der Waals surface area contributed by atoms with Crippen molar-refractivity contribution in [3.05, 3.63) is 12.0 Å². The molecule has 0 aliphatic rings. The van der Waals surface area contributed by atoms with Gasteiger partial charge >= 0.3 is 0 Å². The maximum absolute atomic E-state index is 5.26. The Hall–Kier alpha value is -1.69. The number of fused-ring (bicyclic) bond motifs is 1. The Morgan fingerprint density at radius 3 is 3.08 bits per heavy atom. The van der Waals surface area contributed by atoms with Crippen LogP contribution in [0.15, 0.2) is 6.20 Å². The van der Waals surface area contributed by atoms with Crippen LogP contribution in [0.2, 0.25) is 0 Å². The van der Waals surface area contributed by atoms with E-state index in [9.17, 15) is 0 Å². The molecule has 0 radical (unpaired) electrons. The molecule has 0 fully saturated rings. The highest BCUT2D eigenvalue weighted by Gasteiger charge is 2.04. The van der Waals surface area contributed by atoms with E-state index in [1.54, 1.807) is 13.1 Å². The first-order chi connectivity index (χ1) is 5.81. The van der Waals surface area contributed by atoms with Gasteiger partial charge in [0.1, 0.15) is 5.82 Å². The number of aryl methyl sites for hydroxylation is 1. The zero-order valence-electron chi connectivity index (χ0n) is 6.50. The van der Waals surface area contributed by atoms with Crippen molar-refractivity contribution in [2.45, 2.75) is 6.92 Å². The molecule has 0 saturated heterocycles. The molecule has 6 heteroatoms. The van der Waals surface area contributed by atoms with Crippen LogP contribution in [0.4, 0.5) is 5.82 Å². The number of nitrogen functional groups attached to an aromatic ring is 1. The summed E-state index contributed by atoms with van der Waals surface area (Å²) in [5.74, 6) is 6.50. The average Bonchev–Trinajstić information content (AvgIpc) is 2.50. The minimum Gasteiger partial charge on any atom is -0.308 e. The number of nitrogens with zero attached hydrogens (tertiary/aromatic N) is 3. The van der Waals surface area contributed by atoms with Gasteiger partial charge in [0, 0.05) is 0 Å². The predicted octanol–water partition coefficient (Wildman–Crippen LogP) is -0.0531. The van der Waals surface area contributed by atoms with Crippen molar-refractivity contribution in [1.29, 1.82) is 0 Å². The van der Waals surface area contributed by atoms with Gasteiger partial charge in [0.2, 0.25) is 0 Å². The molecule has 4 N–H and O–H groups in total. The topological polar surface area (TPSA) is 92.5 Å². The van der Waals surface area contributed by atoms with Gasteiger partial charge in [0.25, 0.3) is 0 Å². The molecular formula is C6H8N6. The zero-order chi connectivity index (χ0) is 8.55. The number of hydrogen-bond donors (Lipinski definition) is 3. The molecule has 6 nitrogen and oxygen atoms in total. The highest BCUT2D eigenvalue weighted by atomic mass is 15.3. The minimum atomic E-state index is 0.589. The van der Waals surface area contributed by atoms with Crippen molar-refractivity contribution in [2.75, 3.05) is 5.43 Å². The van der Waals surface area contributed by atoms with Crippen LogP contribution in [-0.4, -0.2) is 20.2 Å². The van der Waals surface area contributed by atoms with Gasteiger partial charge in [0.15, 0.2) is 11.5 Å². The van der Waals surface area contributed by atoms with Crippen LogP contribution in [0.1, 0.15) is 5.82 Å². The summed E-state index contributed by atoms with van der Waals surface area (Å²) < 4.78 is 0. The number of aromatic nitrogens is 4. The minimum absolute atomic E-state index is 0.589. The molecule has 0 saturated carbocycles. The maximum Gasteiger partial charge on any atom is 0.161 e. The average molecular weight is 164 g/mol. The Balaban J connectivity index is 2.80. The standard InChI is InChI=1S/C6H8N6/c1-3-9-5(11-7)4-2-8-12-6(4)10-3/h2H,7H2,1H3,(H2,8,9,10,11,12). The number of rotatable bonds is 1. The van der Waals surface area contributed by atoms with E-state index in [1.165, 1.54) is 0 Å². The molecule has 0 amide bonds. The monoisotopic (exact) mass is 164 g/mol. The molecule has 0 aromatic carbocycles. The normalized spacial score (nSPS) is 10.5. The van der Waals surface area contributed by atoms with Crippen LogP contribution in [0.5, 0.6) is 0 Å². The second-order valence-corrected chi connectivity index (χ2v) is 2.40. The van der Waals surface area contributed by atoms with Gasteiger partial charge in [-0.1, -0.05) is 0 Å². The van der Waals surface area contributed by atoms with Crippen LogP contribution >= 0.6 is 0 Å². The van der Waals surface area contributed by atoms with E-state index in [2.05, 4.69) is 25.6 Å². The van der Waals surface area contributed by atoms with Crippen LogP contribution in [0.3, 0.4) is 0 Å². The van der Waals surface area contributed by atoms with Crippen molar-refractivity contribution in [2.24, 2.45) is 5.84 Å². The number of nitrogens with one attached hydrogen (secondary N) is 2. The lowest BCUT2D eigenvalue weighted by Gasteiger charge is -1.99. The molecule has 0 unspecified atom stereocenters. The third-order valence-electron chi connectivity index (χ3n) is 1.56. The molecule has 2 aromatic heterocycles. The Morgan fingerprint density at radius 2 is 2.33 bits per heavy atom. The fourth-order valence-electron chi connectivity index (χ4n) is 1.06. The third kappa shape index (κ3) is 0.892. The fourth-order valence-corrected chi connectivity index (χ4v) is 1.06. The van der Waals surface area contributed by atoms with E-state index in [-0.39, 0.29) is 0 Å². The van der Waals surface area contributed by atoms with E-state index in [0.29, 0.717) is 17.3 Å². The Kier molecular flexibility index (Phi) is 1.41. The van der Waals surface area contributed by atoms with Gasteiger partial charge in [-0.15, -0.1) is 0 Å². The van der Waals surface area contributed by atoms with Crippen LogP contribution in [0.25, 0.3) is 11.0 Å². The second kappa shape index (κ2) is 2.42. The third-order valence-corrected chi connectivity index (χ3v) is 1.56. The molecule has 2 rings (SSSR count). The van der Waals surface area contributed by atoms with Crippen LogP contribution in [-0.2, 0) is 0 Å². The summed E-state index contributed by atoms with van der Waals surface area (Å²) in [7, 11) is 0. The van der Waals surface area contributed by atoms with Gasteiger partial charge in [-0.05, 0) is 6.92 Å². The molecular weight excluding hydrogens is 156 g/mol. The van der Waals surface area contributed by atoms with E-state index in [1.807, 2.05) is 0 Å². The molecule has 12 heavy (non-hydrogen) atoms. The number of H-pyrrole nitrogens is 1. The van der Waals surface area contributed by atoms with Crippen molar-refractivity contribution in [1.82, 2.24) is 20.2 Å². The Bertz CT molecular complexity index is 405. The van der Waals surface area contributed by atoms with Gasteiger partial charge in [-0.25, -0.2) is 15.8 Å². The van der Waals surface area contributed by atoms with Crippen LogP contribution in [0, 0.1) is 6.92 Å². The smallest absolute Gasteiger partial charge is 0.161 e. The van der Waals surface area contributed by atoms with E-state index < -0.39 is 0 Å². The Labute approximate surface area is 68.2 Å². The fraction of sp³-hybridized carbons (Fsp3) is 0.167. The molecule has 2 aromatic rings. The van der Waals surface area contributed by atoms with E-state index in [4.69, 9.17) is 5.84 Å². The summed E-state index contributed by atoms with van der Waals surface area (Å²) in [6, 6.07) is 0. The highest BCUT2D eigenvalue weighted by Crippen LogP contribution is 2.15. The number of aromatic amines is 1. The number of anilines is 1. The number of hydrogen-bond acceptors (Lipinski definition) is 5. The molecule has 0 atom stereocenters. The highest BCUT2D eigenvalue weighted by molar-refractivity contribution is 5.85. The lowest BCUT2D eigenvalue weighted by molar-refractivity contribution is 1.04. The van der Waals surface area contributed by atoms with E-state index >= 15 is 0 Å². The lowest BCUT2D eigenvalue weighted by atomic mass is 10.4. The zero-order valence-corrected chi connectivity index (χ0v) is 6.50. The van der Waals surface area contributed by atoms with Crippen LogP contribution < -0.4 is 11.3 Å².